The van der Waals surface area contributed by atoms with E-state index in [2.05, 4.69) is 23.6 Å². The summed E-state index contributed by atoms with van der Waals surface area (Å²) in [5.74, 6) is 0.653. The van der Waals surface area contributed by atoms with Crippen LogP contribution in [0.3, 0.4) is 0 Å². The van der Waals surface area contributed by atoms with Gasteiger partial charge in [-0.1, -0.05) is 13.8 Å². The highest BCUT2D eigenvalue weighted by molar-refractivity contribution is 5.76. The number of hydrogen-bond donors (Lipinski definition) is 3. The Morgan fingerprint density at radius 2 is 2.23 bits per heavy atom. The average Bonchev–Trinajstić information content (AvgIpc) is 2.12. The number of rotatable bonds is 5. The molecule has 0 aliphatic carbocycles. The van der Waals surface area contributed by atoms with E-state index < -0.39 is 0 Å². The second-order valence-corrected chi connectivity index (χ2v) is 3.15. The Labute approximate surface area is 79.8 Å². The lowest BCUT2D eigenvalue weighted by Gasteiger charge is -2.12. The number of nitriles is 1. The summed E-state index contributed by atoms with van der Waals surface area (Å²) in [6.07, 6.45) is 1.55. The molecule has 3 N–H and O–H groups in total. The topological polar surface area (TPSA) is 71.7 Å². The van der Waals surface area contributed by atoms with E-state index in [1.54, 1.807) is 0 Å². The molecule has 0 spiro atoms. The number of nitrogens with zero attached hydrogens (tertiary/aromatic N) is 1. The molecule has 0 aromatic rings. The zero-order chi connectivity index (χ0) is 10.1. The van der Waals surface area contributed by atoms with Crippen LogP contribution >= 0.6 is 0 Å². The molecule has 0 heterocycles. The minimum absolute atomic E-state index is 0.300. The van der Waals surface area contributed by atoms with E-state index in [1.165, 1.54) is 0 Å². The second kappa shape index (κ2) is 7.41. The van der Waals surface area contributed by atoms with Crippen LogP contribution in [0.1, 0.15) is 26.7 Å². The van der Waals surface area contributed by atoms with Crippen molar-refractivity contribution in [2.75, 3.05) is 13.1 Å². The third-order valence-corrected chi connectivity index (χ3v) is 1.62. The summed E-state index contributed by atoms with van der Waals surface area (Å²) in [6.45, 7) is 5.55. The van der Waals surface area contributed by atoms with Gasteiger partial charge in [-0.3, -0.25) is 5.41 Å². The van der Waals surface area contributed by atoms with Crippen LogP contribution in [0.25, 0.3) is 0 Å². The van der Waals surface area contributed by atoms with E-state index in [-0.39, 0.29) is 0 Å². The van der Waals surface area contributed by atoms with Crippen molar-refractivity contribution in [3.63, 3.8) is 0 Å². The molecule has 0 rings (SSSR count). The monoisotopic (exact) mass is 182 g/mol. The molecule has 0 aromatic carbocycles. The lowest BCUT2D eigenvalue weighted by Crippen LogP contribution is -2.38. The smallest absolute Gasteiger partial charge is 0.188 e. The molecule has 13 heavy (non-hydrogen) atoms. The Morgan fingerprint density at radius 1 is 1.54 bits per heavy atom. The maximum absolute atomic E-state index is 8.40. The van der Waals surface area contributed by atoms with Crippen molar-refractivity contribution in [2.24, 2.45) is 5.92 Å². The van der Waals surface area contributed by atoms with Crippen LogP contribution in [0.15, 0.2) is 0 Å². The Balaban J connectivity index is 3.41. The van der Waals surface area contributed by atoms with E-state index >= 15 is 0 Å². The molecule has 1 unspecified atom stereocenters. The molecule has 0 aliphatic rings. The minimum Gasteiger partial charge on any atom is -0.357 e. The highest BCUT2D eigenvalue weighted by atomic mass is 15.1. The van der Waals surface area contributed by atoms with Gasteiger partial charge in [-0.2, -0.15) is 5.26 Å². The van der Waals surface area contributed by atoms with Crippen molar-refractivity contribution in [3.05, 3.63) is 0 Å². The standard InChI is InChI=1S/C9H18N4/c1-3-6-12-9(11)13-7-8(2)4-5-10/h8H,3-4,6-7H2,1-2H3,(H3,11,12,13). The number of nitrogens with one attached hydrogen (secondary N) is 3. The van der Waals surface area contributed by atoms with E-state index in [0.717, 1.165) is 13.0 Å². The molecular weight excluding hydrogens is 164 g/mol. The molecule has 0 saturated carbocycles. The van der Waals surface area contributed by atoms with Crippen LogP contribution in [-0.2, 0) is 0 Å². The molecule has 4 heteroatoms. The van der Waals surface area contributed by atoms with Crippen LogP contribution in [0.4, 0.5) is 0 Å². The quantitative estimate of drug-likeness (QED) is 0.440. The molecule has 0 radical (unpaired) electrons. The van der Waals surface area contributed by atoms with Crippen LogP contribution in [0.2, 0.25) is 0 Å². The lowest BCUT2D eigenvalue weighted by atomic mass is 10.1. The van der Waals surface area contributed by atoms with E-state index in [0.29, 0.717) is 24.8 Å². The van der Waals surface area contributed by atoms with Gasteiger partial charge in [-0.15, -0.1) is 0 Å². The van der Waals surface area contributed by atoms with Gasteiger partial charge in [0.1, 0.15) is 0 Å². The van der Waals surface area contributed by atoms with Crippen molar-refractivity contribution < 1.29 is 0 Å². The Morgan fingerprint density at radius 3 is 2.77 bits per heavy atom. The first-order valence-electron chi connectivity index (χ1n) is 4.64. The van der Waals surface area contributed by atoms with Gasteiger partial charge in [0.2, 0.25) is 0 Å². The average molecular weight is 182 g/mol. The maximum Gasteiger partial charge on any atom is 0.188 e. The normalized spacial score (nSPS) is 11.5. The SMILES string of the molecule is CCCNC(=N)NCC(C)CC#N. The summed E-state index contributed by atoms with van der Waals surface area (Å²) in [5.41, 5.74) is 0. The number of hydrogen-bond acceptors (Lipinski definition) is 2. The fourth-order valence-corrected chi connectivity index (χ4v) is 0.817. The van der Waals surface area contributed by atoms with E-state index in [9.17, 15) is 0 Å². The summed E-state index contributed by atoms with van der Waals surface area (Å²) in [5, 5.41) is 21.7. The summed E-state index contributed by atoms with van der Waals surface area (Å²) >= 11 is 0. The molecule has 4 nitrogen and oxygen atoms in total. The Kier molecular flexibility index (Phi) is 6.70. The maximum atomic E-state index is 8.40. The molecule has 0 fully saturated rings. The zero-order valence-corrected chi connectivity index (χ0v) is 8.35. The summed E-state index contributed by atoms with van der Waals surface area (Å²) in [7, 11) is 0. The number of guanidine groups is 1. The minimum atomic E-state index is 0.300. The van der Waals surface area contributed by atoms with Gasteiger partial charge in [0.25, 0.3) is 0 Å². The van der Waals surface area contributed by atoms with Gasteiger partial charge in [0, 0.05) is 19.5 Å². The Bertz CT molecular complexity index is 183. The van der Waals surface area contributed by atoms with Gasteiger partial charge in [-0.05, 0) is 12.3 Å². The van der Waals surface area contributed by atoms with Crippen LogP contribution in [-0.4, -0.2) is 19.0 Å². The fourth-order valence-electron chi connectivity index (χ4n) is 0.817. The summed E-state index contributed by atoms with van der Waals surface area (Å²) < 4.78 is 0. The molecule has 74 valence electrons. The van der Waals surface area contributed by atoms with Gasteiger partial charge in [0.05, 0.1) is 6.07 Å². The van der Waals surface area contributed by atoms with E-state index in [4.69, 9.17) is 10.7 Å². The first-order valence-corrected chi connectivity index (χ1v) is 4.64. The predicted octanol–water partition coefficient (Wildman–Crippen LogP) is 1.06. The molecule has 0 aliphatic heterocycles. The van der Waals surface area contributed by atoms with Crippen LogP contribution < -0.4 is 10.6 Å². The van der Waals surface area contributed by atoms with Crippen molar-refractivity contribution in [3.8, 4) is 6.07 Å². The lowest BCUT2D eigenvalue weighted by molar-refractivity contribution is 0.572. The van der Waals surface area contributed by atoms with Crippen LogP contribution in [0.5, 0.6) is 0 Å². The van der Waals surface area contributed by atoms with Crippen molar-refractivity contribution in [1.29, 1.82) is 10.7 Å². The van der Waals surface area contributed by atoms with Crippen molar-refractivity contribution >= 4 is 5.96 Å². The Hall–Kier alpha value is -1.24. The first-order chi connectivity index (χ1) is 6.20. The predicted molar refractivity (Wildman–Crippen MR) is 53.4 cm³/mol. The summed E-state index contributed by atoms with van der Waals surface area (Å²) in [4.78, 5) is 0. The molecular formula is C9H18N4. The van der Waals surface area contributed by atoms with Crippen molar-refractivity contribution in [2.45, 2.75) is 26.7 Å². The van der Waals surface area contributed by atoms with Gasteiger partial charge >= 0.3 is 0 Å². The zero-order valence-electron chi connectivity index (χ0n) is 8.35. The van der Waals surface area contributed by atoms with Crippen molar-refractivity contribution in [1.82, 2.24) is 10.6 Å². The largest absolute Gasteiger partial charge is 0.357 e. The van der Waals surface area contributed by atoms with Gasteiger partial charge in [0.15, 0.2) is 5.96 Å². The molecule has 0 bridgehead atoms. The van der Waals surface area contributed by atoms with Gasteiger partial charge in [-0.25, -0.2) is 0 Å². The highest BCUT2D eigenvalue weighted by Gasteiger charge is 2.01. The highest BCUT2D eigenvalue weighted by Crippen LogP contribution is 1.96. The second-order valence-electron chi connectivity index (χ2n) is 3.15. The fraction of sp³-hybridized carbons (Fsp3) is 0.778. The summed E-state index contributed by atoms with van der Waals surface area (Å²) in [6, 6.07) is 2.10. The van der Waals surface area contributed by atoms with Gasteiger partial charge < -0.3 is 10.6 Å². The van der Waals surface area contributed by atoms with E-state index in [1.807, 2.05) is 6.92 Å². The third kappa shape index (κ3) is 7.13. The van der Waals surface area contributed by atoms with Crippen LogP contribution in [0, 0.1) is 22.7 Å². The third-order valence-electron chi connectivity index (χ3n) is 1.62. The molecule has 0 aromatic heterocycles. The molecule has 1 atom stereocenters. The molecule has 0 saturated heterocycles. The first kappa shape index (κ1) is 11.8. The molecule has 0 amide bonds.